The predicted molar refractivity (Wildman–Crippen MR) is 65.6 cm³/mol. The Balaban J connectivity index is 2.34. The molecule has 1 aliphatic rings. The molecule has 1 unspecified atom stereocenters. The van der Waals surface area contributed by atoms with E-state index in [-0.39, 0.29) is 6.04 Å². The first kappa shape index (κ1) is 10.2. The molecule has 1 aromatic rings. The molecular weight excluding hydrogens is 182 g/mol. The fourth-order valence-corrected chi connectivity index (χ4v) is 1.99. The summed E-state index contributed by atoms with van der Waals surface area (Å²) >= 11 is 0. The van der Waals surface area contributed by atoms with Crippen LogP contribution < -0.4 is 5.73 Å². The maximum absolute atomic E-state index is 5.80. The molecule has 1 atom stereocenters. The Kier molecular flexibility index (Phi) is 2.74. The summed E-state index contributed by atoms with van der Waals surface area (Å²) in [7, 11) is 0. The van der Waals surface area contributed by atoms with Gasteiger partial charge in [-0.3, -0.25) is 0 Å². The van der Waals surface area contributed by atoms with E-state index in [4.69, 9.17) is 5.73 Å². The van der Waals surface area contributed by atoms with Crippen molar-refractivity contribution in [1.82, 2.24) is 0 Å². The van der Waals surface area contributed by atoms with Crippen molar-refractivity contribution < 1.29 is 0 Å². The van der Waals surface area contributed by atoms with Gasteiger partial charge in [0.25, 0.3) is 0 Å². The molecule has 0 aliphatic heterocycles. The van der Waals surface area contributed by atoms with E-state index in [1.807, 2.05) is 0 Å². The molecule has 0 radical (unpaired) electrons. The molecule has 1 heteroatoms. The van der Waals surface area contributed by atoms with E-state index < -0.39 is 0 Å². The number of nitrogens with two attached hydrogens (primary N) is 1. The van der Waals surface area contributed by atoms with Crippen LogP contribution in [0.1, 0.15) is 23.1 Å². The second-order valence-electron chi connectivity index (χ2n) is 4.29. The van der Waals surface area contributed by atoms with Gasteiger partial charge in [0.2, 0.25) is 0 Å². The van der Waals surface area contributed by atoms with Crippen molar-refractivity contribution in [3.05, 3.63) is 53.1 Å². The van der Waals surface area contributed by atoms with Gasteiger partial charge in [-0.05, 0) is 31.4 Å². The van der Waals surface area contributed by atoms with Crippen LogP contribution in [0.5, 0.6) is 0 Å². The fourth-order valence-electron chi connectivity index (χ4n) is 1.99. The average Bonchev–Trinajstić information content (AvgIpc) is 2.17. The van der Waals surface area contributed by atoms with Crippen molar-refractivity contribution in [3.8, 4) is 0 Å². The van der Waals surface area contributed by atoms with Gasteiger partial charge >= 0.3 is 0 Å². The summed E-state index contributed by atoms with van der Waals surface area (Å²) in [6.45, 7) is 4.27. The molecule has 78 valence electrons. The molecule has 2 N–H and O–H groups in total. The van der Waals surface area contributed by atoms with E-state index in [1.54, 1.807) is 0 Å². The zero-order valence-corrected chi connectivity index (χ0v) is 9.33. The predicted octanol–water partition coefficient (Wildman–Crippen LogP) is 2.97. The molecule has 0 fully saturated rings. The van der Waals surface area contributed by atoms with E-state index >= 15 is 0 Å². The van der Waals surface area contributed by atoms with E-state index in [0.29, 0.717) is 0 Å². The lowest BCUT2D eigenvalue weighted by Gasteiger charge is -2.13. The highest BCUT2D eigenvalue weighted by molar-refractivity contribution is 5.75. The van der Waals surface area contributed by atoms with Gasteiger partial charge in [0.05, 0.1) is 0 Å². The van der Waals surface area contributed by atoms with Crippen molar-refractivity contribution in [3.63, 3.8) is 0 Å². The highest BCUT2D eigenvalue weighted by atomic mass is 14.6. The summed E-state index contributed by atoms with van der Waals surface area (Å²) in [5.74, 6) is 0. The minimum atomic E-state index is 0.194. The molecule has 0 heterocycles. The van der Waals surface area contributed by atoms with E-state index in [9.17, 15) is 0 Å². The SMILES string of the molecule is Cc1cc(C)cc(C2=CCC(N)C=C2)c1. The normalized spacial score (nSPS) is 20.2. The lowest BCUT2D eigenvalue weighted by molar-refractivity contribution is 0.828. The Hall–Kier alpha value is -1.34. The Morgan fingerprint density at radius 1 is 1.13 bits per heavy atom. The topological polar surface area (TPSA) is 26.0 Å². The summed E-state index contributed by atoms with van der Waals surface area (Å²) in [5.41, 5.74) is 11.0. The van der Waals surface area contributed by atoms with Crippen molar-refractivity contribution in [2.24, 2.45) is 5.73 Å². The molecule has 1 nitrogen and oxygen atoms in total. The number of rotatable bonds is 1. The lowest BCUT2D eigenvalue weighted by atomic mass is 9.95. The van der Waals surface area contributed by atoms with Crippen molar-refractivity contribution in [2.45, 2.75) is 26.3 Å². The van der Waals surface area contributed by atoms with Crippen molar-refractivity contribution in [1.29, 1.82) is 0 Å². The molecule has 0 saturated carbocycles. The van der Waals surface area contributed by atoms with Crippen LogP contribution in [0.25, 0.3) is 5.57 Å². The molecule has 15 heavy (non-hydrogen) atoms. The zero-order chi connectivity index (χ0) is 10.8. The fraction of sp³-hybridized carbons (Fsp3) is 0.286. The number of hydrogen-bond donors (Lipinski definition) is 1. The van der Waals surface area contributed by atoms with Gasteiger partial charge in [-0.1, -0.05) is 47.6 Å². The molecule has 0 bridgehead atoms. The molecule has 0 spiro atoms. The summed E-state index contributed by atoms with van der Waals surface area (Å²) < 4.78 is 0. The van der Waals surface area contributed by atoms with Crippen LogP contribution in [-0.4, -0.2) is 6.04 Å². The first-order chi connectivity index (χ1) is 7.15. The van der Waals surface area contributed by atoms with Crippen LogP contribution in [0.2, 0.25) is 0 Å². The summed E-state index contributed by atoms with van der Waals surface area (Å²) in [6, 6.07) is 6.84. The summed E-state index contributed by atoms with van der Waals surface area (Å²) in [5, 5.41) is 0. The smallest absolute Gasteiger partial charge is 0.0262 e. The third kappa shape index (κ3) is 2.37. The van der Waals surface area contributed by atoms with E-state index in [1.165, 1.54) is 22.3 Å². The number of allylic oxidation sites excluding steroid dienone is 2. The van der Waals surface area contributed by atoms with Crippen LogP contribution in [0.4, 0.5) is 0 Å². The minimum Gasteiger partial charge on any atom is -0.324 e. The molecule has 2 rings (SSSR count). The Morgan fingerprint density at radius 3 is 2.33 bits per heavy atom. The van der Waals surface area contributed by atoms with Crippen LogP contribution >= 0.6 is 0 Å². The van der Waals surface area contributed by atoms with Gasteiger partial charge in [0.1, 0.15) is 0 Å². The van der Waals surface area contributed by atoms with E-state index in [2.05, 4.69) is 50.3 Å². The third-order valence-electron chi connectivity index (χ3n) is 2.69. The Bertz CT molecular complexity index is 407. The number of aryl methyl sites for hydroxylation is 2. The maximum Gasteiger partial charge on any atom is 0.0262 e. The van der Waals surface area contributed by atoms with Crippen molar-refractivity contribution in [2.75, 3.05) is 0 Å². The van der Waals surface area contributed by atoms with E-state index in [0.717, 1.165) is 6.42 Å². The molecular formula is C14H17N. The van der Waals surface area contributed by atoms with Gasteiger partial charge < -0.3 is 5.73 Å². The van der Waals surface area contributed by atoms with Gasteiger partial charge in [0.15, 0.2) is 0 Å². The quantitative estimate of drug-likeness (QED) is 0.739. The standard InChI is InChI=1S/C14H17N/c1-10-7-11(2)9-13(8-10)12-3-5-14(15)6-4-12/h3-5,7-9,14H,6,15H2,1-2H3. The molecule has 0 saturated heterocycles. The van der Waals surface area contributed by atoms with Crippen molar-refractivity contribution >= 4 is 5.57 Å². The molecule has 1 aliphatic carbocycles. The lowest BCUT2D eigenvalue weighted by Crippen LogP contribution is -2.17. The maximum atomic E-state index is 5.80. The van der Waals surface area contributed by atoms with Gasteiger partial charge in [0, 0.05) is 6.04 Å². The van der Waals surface area contributed by atoms with Crippen LogP contribution in [0, 0.1) is 13.8 Å². The largest absolute Gasteiger partial charge is 0.324 e. The molecule has 0 amide bonds. The Labute approximate surface area is 91.3 Å². The first-order valence-corrected chi connectivity index (χ1v) is 5.38. The highest BCUT2D eigenvalue weighted by Crippen LogP contribution is 2.22. The number of benzene rings is 1. The van der Waals surface area contributed by atoms with Gasteiger partial charge in [-0.15, -0.1) is 0 Å². The first-order valence-electron chi connectivity index (χ1n) is 5.38. The summed E-state index contributed by atoms with van der Waals surface area (Å²) in [4.78, 5) is 0. The van der Waals surface area contributed by atoms with Crippen LogP contribution in [0.15, 0.2) is 36.4 Å². The monoisotopic (exact) mass is 199 g/mol. The third-order valence-corrected chi connectivity index (χ3v) is 2.69. The minimum absolute atomic E-state index is 0.194. The van der Waals surface area contributed by atoms with Gasteiger partial charge in [-0.2, -0.15) is 0 Å². The van der Waals surface area contributed by atoms with Crippen LogP contribution in [0.3, 0.4) is 0 Å². The second-order valence-corrected chi connectivity index (χ2v) is 4.29. The zero-order valence-electron chi connectivity index (χ0n) is 9.33. The highest BCUT2D eigenvalue weighted by Gasteiger charge is 2.06. The number of hydrogen-bond acceptors (Lipinski definition) is 1. The second kappa shape index (κ2) is 4.03. The van der Waals surface area contributed by atoms with Crippen LogP contribution in [-0.2, 0) is 0 Å². The average molecular weight is 199 g/mol. The Morgan fingerprint density at radius 2 is 1.80 bits per heavy atom. The molecule has 1 aromatic carbocycles. The summed E-state index contributed by atoms with van der Waals surface area (Å²) in [6.07, 6.45) is 7.37. The van der Waals surface area contributed by atoms with Gasteiger partial charge in [-0.25, -0.2) is 0 Å². The molecule has 0 aromatic heterocycles.